The van der Waals surface area contributed by atoms with Crippen LogP contribution in [0.15, 0.2) is 16.7 Å². The molecule has 0 radical (unpaired) electrons. The molecule has 1 heterocycles. The first-order chi connectivity index (χ1) is 11.4. The SMILES string of the molecule is COCCOCCOCCOc1cc(Br)nc(C#CC(C)(C)O)c1. The summed E-state index contributed by atoms with van der Waals surface area (Å²) in [4.78, 5) is 4.22. The molecule has 0 bridgehead atoms. The molecule has 0 fully saturated rings. The van der Waals surface area contributed by atoms with Gasteiger partial charge in [0.25, 0.3) is 0 Å². The molecule has 134 valence electrons. The van der Waals surface area contributed by atoms with E-state index < -0.39 is 5.60 Å². The highest BCUT2D eigenvalue weighted by atomic mass is 79.9. The second kappa shape index (κ2) is 11.4. The lowest BCUT2D eigenvalue weighted by atomic mass is 10.1. The molecule has 0 aliphatic heterocycles. The van der Waals surface area contributed by atoms with Gasteiger partial charge in [-0.1, -0.05) is 5.92 Å². The van der Waals surface area contributed by atoms with Crippen LogP contribution < -0.4 is 4.74 Å². The molecule has 0 aliphatic carbocycles. The molecule has 1 aromatic heterocycles. The third-order valence-electron chi connectivity index (χ3n) is 2.56. The predicted octanol–water partition coefficient (Wildman–Crippen LogP) is 2.02. The normalized spacial score (nSPS) is 11.0. The first kappa shape index (κ1) is 20.9. The molecule has 0 aliphatic rings. The van der Waals surface area contributed by atoms with Gasteiger partial charge in [0.1, 0.15) is 28.3 Å². The van der Waals surface area contributed by atoms with Crippen LogP contribution in [-0.4, -0.2) is 62.4 Å². The van der Waals surface area contributed by atoms with Crippen molar-refractivity contribution in [2.45, 2.75) is 19.4 Å². The zero-order valence-corrected chi connectivity index (χ0v) is 15.9. The fourth-order valence-corrected chi connectivity index (χ4v) is 1.94. The van der Waals surface area contributed by atoms with Gasteiger partial charge in [0.15, 0.2) is 0 Å². The number of rotatable bonds is 10. The zero-order valence-electron chi connectivity index (χ0n) is 14.3. The maximum Gasteiger partial charge on any atom is 0.124 e. The van der Waals surface area contributed by atoms with Crippen molar-refractivity contribution in [1.82, 2.24) is 4.98 Å². The summed E-state index contributed by atoms with van der Waals surface area (Å²) in [5.41, 5.74) is -0.543. The molecule has 1 rings (SSSR count). The number of hydrogen-bond donors (Lipinski definition) is 1. The lowest BCUT2D eigenvalue weighted by Crippen LogP contribution is -2.14. The van der Waals surface area contributed by atoms with Crippen LogP contribution in [-0.2, 0) is 14.2 Å². The number of aliphatic hydroxyl groups is 1. The number of pyridine rings is 1. The van der Waals surface area contributed by atoms with E-state index in [1.807, 2.05) is 0 Å². The molecule has 7 heteroatoms. The lowest BCUT2D eigenvalue weighted by Gasteiger charge is -2.09. The average Bonchev–Trinajstić information content (AvgIpc) is 2.50. The van der Waals surface area contributed by atoms with Gasteiger partial charge < -0.3 is 24.1 Å². The molecule has 0 aromatic carbocycles. The monoisotopic (exact) mass is 401 g/mol. The molecule has 1 aromatic rings. The standard InChI is InChI=1S/C17H24BrNO5/c1-17(2,20)5-4-14-12-15(13-16(18)19-14)24-11-10-23-9-8-22-7-6-21-3/h12-13,20H,6-11H2,1-3H3. The van der Waals surface area contributed by atoms with Crippen LogP contribution in [0, 0.1) is 11.8 Å². The van der Waals surface area contributed by atoms with Gasteiger partial charge in [0, 0.05) is 19.2 Å². The Morgan fingerprint density at radius 1 is 1.08 bits per heavy atom. The summed E-state index contributed by atoms with van der Waals surface area (Å²) < 4.78 is 21.8. The highest BCUT2D eigenvalue weighted by Crippen LogP contribution is 2.18. The van der Waals surface area contributed by atoms with E-state index in [9.17, 15) is 5.11 Å². The molecule has 6 nitrogen and oxygen atoms in total. The third kappa shape index (κ3) is 10.6. The van der Waals surface area contributed by atoms with Gasteiger partial charge in [-0.3, -0.25) is 0 Å². The second-order valence-electron chi connectivity index (χ2n) is 5.39. The quantitative estimate of drug-likeness (QED) is 0.367. The predicted molar refractivity (Wildman–Crippen MR) is 94.1 cm³/mol. The van der Waals surface area contributed by atoms with Gasteiger partial charge in [-0.25, -0.2) is 4.98 Å². The van der Waals surface area contributed by atoms with Crippen molar-refractivity contribution in [2.75, 3.05) is 46.8 Å². The van der Waals surface area contributed by atoms with E-state index in [-0.39, 0.29) is 0 Å². The van der Waals surface area contributed by atoms with Crippen LogP contribution in [0.1, 0.15) is 19.5 Å². The zero-order chi connectivity index (χ0) is 17.8. The largest absolute Gasteiger partial charge is 0.491 e. The third-order valence-corrected chi connectivity index (χ3v) is 2.97. The molecule has 0 amide bonds. The number of methoxy groups -OCH3 is 1. The van der Waals surface area contributed by atoms with Crippen molar-refractivity contribution in [3.05, 3.63) is 22.4 Å². The van der Waals surface area contributed by atoms with Crippen LogP contribution in [0.25, 0.3) is 0 Å². The maximum absolute atomic E-state index is 9.63. The Balaban J connectivity index is 2.32. The number of halogens is 1. The van der Waals surface area contributed by atoms with Crippen molar-refractivity contribution in [1.29, 1.82) is 0 Å². The average molecular weight is 402 g/mol. The topological polar surface area (TPSA) is 70.0 Å². The van der Waals surface area contributed by atoms with E-state index in [2.05, 4.69) is 32.8 Å². The Hall–Kier alpha value is -1.17. The minimum Gasteiger partial charge on any atom is -0.491 e. The summed E-state index contributed by atoms with van der Waals surface area (Å²) in [6, 6.07) is 3.47. The number of ether oxygens (including phenoxy) is 4. The summed E-state index contributed by atoms with van der Waals surface area (Å²) in [7, 11) is 1.64. The number of hydrogen-bond acceptors (Lipinski definition) is 6. The summed E-state index contributed by atoms with van der Waals surface area (Å²) in [6.07, 6.45) is 0. The molecule has 1 N–H and O–H groups in total. The Kier molecular flexibility index (Phi) is 9.91. The summed E-state index contributed by atoms with van der Waals surface area (Å²) in [5.74, 6) is 6.17. The molecular weight excluding hydrogens is 378 g/mol. The van der Waals surface area contributed by atoms with Crippen LogP contribution in [0.4, 0.5) is 0 Å². The van der Waals surface area contributed by atoms with Crippen LogP contribution in [0.5, 0.6) is 5.75 Å². The van der Waals surface area contributed by atoms with Crippen molar-refractivity contribution in [3.8, 4) is 17.6 Å². The first-order valence-electron chi connectivity index (χ1n) is 7.61. The summed E-state index contributed by atoms with van der Waals surface area (Å²) >= 11 is 3.32. The highest BCUT2D eigenvalue weighted by Gasteiger charge is 2.07. The van der Waals surface area contributed by atoms with Crippen LogP contribution in [0.3, 0.4) is 0 Å². The van der Waals surface area contributed by atoms with Crippen molar-refractivity contribution in [2.24, 2.45) is 0 Å². The van der Waals surface area contributed by atoms with Crippen LogP contribution in [0.2, 0.25) is 0 Å². The summed E-state index contributed by atoms with van der Waals surface area (Å²) in [5, 5.41) is 9.63. The van der Waals surface area contributed by atoms with E-state index >= 15 is 0 Å². The molecule has 0 unspecified atom stereocenters. The van der Waals surface area contributed by atoms with Gasteiger partial charge in [-0.15, -0.1) is 0 Å². The van der Waals surface area contributed by atoms with Crippen LogP contribution >= 0.6 is 15.9 Å². The Bertz CT molecular complexity index is 548. The molecular formula is C17H24BrNO5. The minimum absolute atomic E-state index is 0.410. The Labute approximate surface area is 151 Å². The van der Waals surface area contributed by atoms with Gasteiger partial charge in [-0.2, -0.15) is 0 Å². The molecule has 24 heavy (non-hydrogen) atoms. The second-order valence-corrected chi connectivity index (χ2v) is 6.20. The van der Waals surface area contributed by atoms with E-state index in [1.54, 1.807) is 33.1 Å². The fourth-order valence-electron chi connectivity index (χ4n) is 1.52. The van der Waals surface area contributed by atoms with Gasteiger partial charge >= 0.3 is 0 Å². The molecule has 0 saturated carbocycles. The Morgan fingerprint density at radius 2 is 1.71 bits per heavy atom. The maximum atomic E-state index is 9.63. The van der Waals surface area contributed by atoms with E-state index in [1.165, 1.54) is 0 Å². The van der Waals surface area contributed by atoms with E-state index in [0.29, 0.717) is 55.7 Å². The van der Waals surface area contributed by atoms with Crippen molar-refractivity contribution in [3.63, 3.8) is 0 Å². The molecule has 0 saturated heterocycles. The van der Waals surface area contributed by atoms with Crippen molar-refractivity contribution < 1.29 is 24.1 Å². The summed E-state index contributed by atoms with van der Waals surface area (Å²) in [6.45, 7) is 6.29. The fraction of sp³-hybridized carbons (Fsp3) is 0.588. The van der Waals surface area contributed by atoms with E-state index in [4.69, 9.17) is 18.9 Å². The molecule has 0 spiro atoms. The molecule has 0 atom stereocenters. The first-order valence-corrected chi connectivity index (χ1v) is 8.40. The number of nitrogens with zero attached hydrogens (tertiary/aromatic N) is 1. The van der Waals surface area contributed by atoms with Gasteiger partial charge in [0.2, 0.25) is 0 Å². The van der Waals surface area contributed by atoms with E-state index in [0.717, 1.165) is 0 Å². The highest BCUT2D eigenvalue weighted by molar-refractivity contribution is 9.10. The van der Waals surface area contributed by atoms with Gasteiger partial charge in [-0.05, 0) is 35.7 Å². The van der Waals surface area contributed by atoms with Crippen molar-refractivity contribution >= 4 is 15.9 Å². The minimum atomic E-state index is -1.07. The lowest BCUT2D eigenvalue weighted by molar-refractivity contribution is 0.0179. The van der Waals surface area contributed by atoms with Gasteiger partial charge in [0.05, 0.1) is 33.0 Å². The Morgan fingerprint density at radius 3 is 2.33 bits per heavy atom. The number of aromatic nitrogens is 1. The smallest absolute Gasteiger partial charge is 0.124 e.